The number of benzene rings is 1. The van der Waals surface area contributed by atoms with Crippen LogP contribution in [0.5, 0.6) is 0 Å². The Hall–Kier alpha value is -1.77. The predicted molar refractivity (Wildman–Crippen MR) is 57.0 cm³/mol. The van der Waals surface area contributed by atoms with Gasteiger partial charge in [0, 0.05) is 18.0 Å². The van der Waals surface area contributed by atoms with Crippen molar-refractivity contribution in [3.05, 3.63) is 47.8 Å². The molecule has 1 heterocycles. The van der Waals surface area contributed by atoms with E-state index in [1.54, 1.807) is 24.5 Å². The van der Waals surface area contributed by atoms with Crippen LogP contribution >= 0.6 is 0 Å². The van der Waals surface area contributed by atoms with Crippen molar-refractivity contribution in [2.75, 3.05) is 0 Å². The van der Waals surface area contributed by atoms with Gasteiger partial charge < -0.3 is 0 Å². The van der Waals surface area contributed by atoms with Gasteiger partial charge in [0.1, 0.15) is 6.67 Å². The van der Waals surface area contributed by atoms with E-state index in [4.69, 9.17) is 0 Å². The molecule has 2 aromatic rings. The fourth-order valence-corrected chi connectivity index (χ4v) is 1.28. The molecule has 0 saturated carbocycles. The molecule has 0 fully saturated rings. The second-order valence-electron chi connectivity index (χ2n) is 3.41. The molecule has 0 atom stereocenters. The summed E-state index contributed by atoms with van der Waals surface area (Å²) in [6, 6.07) is 7.16. The second-order valence-corrected chi connectivity index (χ2v) is 3.41. The smallest absolute Gasteiger partial charge is 0.159 e. The van der Waals surface area contributed by atoms with E-state index >= 15 is 0 Å². The van der Waals surface area contributed by atoms with Crippen molar-refractivity contribution < 1.29 is 4.39 Å². The van der Waals surface area contributed by atoms with Gasteiger partial charge in [0.15, 0.2) is 5.82 Å². The van der Waals surface area contributed by atoms with Gasteiger partial charge in [-0.15, -0.1) is 0 Å². The Balaban J connectivity index is 2.33. The largest absolute Gasteiger partial charge is 0.246 e. The van der Waals surface area contributed by atoms with Crippen molar-refractivity contribution in [3.8, 4) is 11.4 Å². The van der Waals surface area contributed by atoms with Crippen molar-refractivity contribution in [1.82, 2.24) is 9.97 Å². The molecule has 0 aliphatic heterocycles. The Labute approximate surface area is 87.8 Å². The van der Waals surface area contributed by atoms with Gasteiger partial charge in [0.25, 0.3) is 0 Å². The highest BCUT2D eigenvalue weighted by Gasteiger charge is 2.00. The Morgan fingerprint density at radius 3 is 2.20 bits per heavy atom. The van der Waals surface area contributed by atoms with Crippen molar-refractivity contribution in [2.45, 2.75) is 13.6 Å². The lowest BCUT2D eigenvalue weighted by molar-refractivity contribution is 0.485. The predicted octanol–water partition coefficient (Wildman–Crippen LogP) is 2.92. The number of hydrogen-bond acceptors (Lipinski definition) is 2. The van der Waals surface area contributed by atoms with Crippen LogP contribution in [0.3, 0.4) is 0 Å². The third-order valence-corrected chi connectivity index (χ3v) is 2.15. The minimum absolute atomic E-state index is 0.435. The molecular formula is C12H11FN2. The number of nitrogens with zero attached hydrogens (tertiary/aromatic N) is 2. The van der Waals surface area contributed by atoms with Crippen LogP contribution in [-0.2, 0) is 6.67 Å². The maximum Gasteiger partial charge on any atom is 0.159 e. The summed E-state index contributed by atoms with van der Waals surface area (Å²) in [7, 11) is 0. The molecule has 1 aromatic heterocycles. The Bertz CT molecular complexity index is 434. The molecule has 0 saturated heterocycles. The molecule has 76 valence electrons. The zero-order chi connectivity index (χ0) is 10.7. The van der Waals surface area contributed by atoms with E-state index in [0.717, 1.165) is 11.1 Å². The molecule has 2 nitrogen and oxygen atoms in total. The molecule has 0 bridgehead atoms. The number of alkyl halides is 1. The van der Waals surface area contributed by atoms with Crippen molar-refractivity contribution in [1.29, 1.82) is 0 Å². The number of aryl methyl sites for hydroxylation is 1. The molecule has 3 heteroatoms. The molecule has 1 aromatic carbocycles. The van der Waals surface area contributed by atoms with Crippen molar-refractivity contribution in [3.63, 3.8) is 0 Å². The summed E-state index contributed by atoms with van der Waals surface area (Å²) in [6.07, 6.45) is 3.54. The first-order valence-corrected chi connectivity index (χ1v) is 4.73. The molecule has 15 heavy (non-hydrogen) atoms. The molecule has 0 aliphatic carbocycles. The van der Waals surface area contributed by atoms with Crippen LogP contribution < -0.4 is 0 Å². The van der Waals surface area contributed by atoms with E-state index < -0.39 is 6.67 Å². The average molecular weight is 202 g/mol. The Kier molecular flexibility index (Phi) is 2.72. The van der Waals surface area contributed by atoms with Gasteiger partial charge >= 0.3 is 0 Å². The third-order valence-electron chi connectivity index (χ3n) is 2.15. The van der Waals surface area contributed by atoms with Gasteiger partial charge in [-0.3, -0.25) is 0 Å². The zero-order valence-corrected chi connectivity index (χ0v) is 8.44. The van der Waals surface area contributed by atoms with Gasteiger partial charge in [0.2, 0.25) is 0 Å². The summed E-state index contributed by atoms with van der Waals surface area (Å²) < 4.78 is 12.3. The minimum atomic E-state index is -0.435. The molecule has 2 rings (SSSR count). The van der Waals surface area contributed by atoms with Crippen molar-refractivity contribution >= 4 is 0 Å². The fraction of sp³-hybridized carbons (Fsp3) is 0.167. The number of rotatable bonds is 2. The van der Waals surface area contributed by atoms with E-state index in [-0.39, 0.29) is 0 Å². The minimum Gasteiger partial charge on any atom is -0.246 e. The van der Waals surface area contributed by atoms with Crippen LogP contribution in [0, 0.1) is 6.92 Å². The van der Waals surface area contributed by atoms with Crippen LogP contribution in [0.1, 0.15) is 11.1 Å². The third kappa shape index (κ3) is 2.18. The topological polar surface area (TPSA) is 25.8 Å². The first kappa shape index (κ1) is 9.77. The van der Waals surface area contributed by atoms with Gasteiger partial charge in [0.05, 0.1) is 0 Å². The molecule has 0 aliphatic rings. The maximum atomic E-state index is 12.3. The monoisotopic (exact) mass is 202 g/mol. The zero-order valence-electron chi connectivity index (χ0n) is 8.44. The highest BCUT2D eigenvalue weighted by Crippen LogP contribution is 2.15. The first-order chi connectivity index (χ1) is 7.29. The van der Waals surface area contributed by atoms with E-state index in [9.17, 15) is 4.39 Å². The molecule has 0 N–H and O–H groups in total. The van der Waals surface area contributed by atoms with Crippen LogP contribution in [0.4, 0.5) is 4.39 Å². The first-order valence-electron chi connectivity index (χ1n) is 4.73. The van der Waals surface area contributed by atoms with Crippen LogP contribution in [0.15, 0.2) is 36.7 Å². The number of halogens is 1. The average Bonchev–Trinajstić information content (AvgIpc) is 2.30. The highest BCUT2D eigenvalue weighted by atomic mass is 19.1. The second kappa shape index (κ2) is 4.17. The maximum absolute atomic E-state index is 12.3. The lowest BCUT2D eigenvalue weighted by Gasteiger charge is -2.00. The van der Waals surface area contributed by atoms with Crippen LogP contribution in [-0.4, -0.2) is 9.97 Å². The lowest BCUT2D eigenvalue weighted by atomic mass is 10.1. The fourth-order valence-electron chi connectivity index (χ4n) is 1.28. The van der Waals surface area contributed by atoms with E-state index in [1.165, 1.54) is 0 Å². The van der Waals surface area contributed by atoms with Crippen LogP contribution in [0.2, 0.25) is 0 Å². The summed E-state index contributed by atoms with van der Waals surface area (Å²) in [6.45, 7) is 1.50. The number of hydrogen-bond donors (Lipinski definition) is 0. The summed E-state index contributed by atoms with van der Waals surface area (Å²) in [5.74, 6) is 0.672. The number of aromatic nitrogens is 2. The van der Waals surface area contributed by atoms with Gasteiger partial charge in [-0.25, -0.2) is 14.4 Å². The Morgan fingerprint density at radius 1 is 1.07 bits per heavy atom. The van der Waals surface area contributed by atoms with Crippen LogP contribution in [0.25, 0.3) is 11.4 Å². The summed E-state index contributed by atoms with van der Waals surface area (Å²) in [4.78, 5) is 8.40. The highest BCUT2D eigenvalue weighted by molar-refractivity contribution is 5.54. The normalized spacial score (nSPS) is 10.3. The quantitative estimate of drug-likeness (QED) is 0.748. The van der Waals surface area contributed by atoms with E-state index in [2.05, 4.69) is 9.97 Å². The standard InChI is InChI=1S/C12H11FN2/c1-9-7-14-12(15-8-9)11-4-2-10(6-13)3-5-11/h2-5,7-8H,6H2,1H3. The van der Waals surface area contributed by atoms with E-state index in [1.807, 2.05) is 19.1 Å². The summed E-state index contributed by atoms with van der Waals surface area (Å²) in [5.41, 5.74) is 2.61. The SMILES string of the molecule is Cc1cnc(-c2ccc(CF)cc2)nc1. The van der Waals surface area contributed by atoms with Gasteiger partial charge in [-0.1, -0.05) is 24.3 Å². The summed E-state index contributed by atoms with van der Waals surface area (Å²) in [5, 5.41) is 0. The molecule has 0 unspecified atom stereocenters. The molecule has 0 spiro atoms. The molecular weight excluding hydrogens is 191 g/mol. The van der Waals surface area contributed by atoms with Crippen molar-refractivity contribution in [2.24, 2.45) is 0 Å². The van der Waals surface area contributed by atoms with E-state index in [0.29, 0.717) is 11.4 Å². The lowest BCUT2D eigenvalue weighted by Crippen LogP contribution is -1.89. The Morgan fingerprint density at radius 2 is 1.67 bits per heavy atom. The molecule has 0 amide bonds. The van der Waals surface area contributed by atoms with Gasteiger partial charge in [-0.05, 0) is 18.1 Å². The summed E-state index contributed by atoms with van der Waals surface area (Å²) >= 11 is 0. The molecule has 0 radical (unpaired) electrons. The van der Waals surface area contributed by atoms with Gasteiger partial charge in [-0.2, -0.15) is 0 Å².